The molecule has 2 heterocycles. The monoisotopic (exact) mass is 278 g/mol. The molecule has 1 aliphatic rings. The van der Waals surface area contributed by atoms with Crippen LogP contribution in [0.2, 0.25) is 0 Å². The van der Waals surface area contributed by atoms with Crippen LogP contribution in [0.4, 0.5) is 0 Å². The van der Waals surface area contributed by atoms with E-state index in [0.717, 1.165) is 18.7 Å². The molecule has 3 heteroatoms. The first kappa shape index (κ1) is 15.6. The first-order chi connectivity index (χ1) is 9.69. The Morgan fingerprint density at radius 3 is 2.85 bits per heavy atom. The average molecular weight is 278 g/mol. The molecule has 1 atom stereocenters. The van der Waals surface area contributed by atoms with Gasteiger partial charge in [0.1, 0.15) is 5.76 Å². The SMILES string of the molecule is CCC1(CC)CN(C(C)CCc2ccco2)CCCN1. The lowest BCUT2D eigenvalue weighted by atomic mass is 9.91. The van der Waals surface area contributed by atoms with Crippen LogP contribution in [0.25, 0.3) is 0 Å². The fraction of sp³-hybridized carbons (Fsp3) is 0.765. The van der Waals surface area contributed by atoms with Crippen molar-refractivity contribution >= 4 is 0 Å². The third kappa shape index (κ3) is 3.86. The van der Waals surface area contributed by atoms with Crippen molar-refractivity contribution in [1.82, 2.24) is 10.2 Å². The molecule has 1 fully saturated rings. The Balaban J connectivity index is 1.91. The van der Waals surface area contributed by atoms with Crippen molar-refractivity contribution < 1.29 is 4.42 Å². The fourth-order valence-electron chi connectivity index (χ4n) is 3.25. The summed E-state index contributed by atoms with van der Waals surface area (Å²) >= 11 is 0. The van der Waals surface area contributed by atoms with Gasteiger partial charge in [-0.15, -0.1) is 0 Å². The van der Waals surface area contributed by atoms with Gasteiger partial charge in [-0.3, -0.25) is 4.90 Å². The van der Waals surface area contributed by atoms with Crippen molar-refractivity contribution in [3.05, 3.63) is 24.2 Å². The van der Waals surface area contributed by atoms with E-state index in [1.54, 1.807) is 6.26 Å². The third-order valence-electron chi connectivity index (χ3n) is 4.99. The molecule has 2 rings (SSSR count). The van der Waals surface area contributed by atoms with Crippen LogP contribution >= 0.6 is 0 Å². The van der Waals surface area contributed by atoms with E-state index in [1.165, 1.54) is 38.8 Å². The van der Waals surface area contributed by atoms with Gasteiger partial charge in [0.05, 0.1) is 6.26 Å². The average Bonchev–Trinajstić information content (AvgIpc) is 2.90. The number of hydrogen-bond donors (Lipinski definition) is 1. The van der Waals surface area contributed by atoms with Gasteiger partial charge in [-0.25, -0.2) is 0 Å². The van der Waals surface area contributed by atoms with Gasteiger partial charge in [-0.2, -0.15) is 0 Å². The van der Waals surface area contributed by atoms with Crippen molar-refractivity contribution in [2.24, 2.45) is 0 Å². The number of aryl methyl sites for hydroxylation is 1. The van der Waals surface area contributed by atoms with Gasteiger partial charge < -0.3 is 9.73 Å². The number of nitrogens with zero attached hydrogens (tertiary/aromatic N) is 1. The number of furan rings is 1. The Labute approximate surface area is 123 Å². The maximum atomic E-state index is 5.45. The summed E-state index contributed by atoms with van der Waals surface area (Å²) in [5.74, 6) is 1.11. The minimum absolute atomic E-state index is 0.315. The van der Waals surface area contributed by atoms with Crippen LogP contribution in [0.1, 0.15) is 52.2 Å². The standard InChI is InChI=1S/C17H30N2O/c1-4-17(5-2)14-19(12-7-11-18-17)15(3)9-10-16-8-6-13-20-16/h6,8,13,15,18H,4-5,7,9-12,14H2,1-3H3. The van der Waals surface area contributed by atoms with E-state index in [4.69, 9.17) is 4.42 Å². The highest BCUT2D eigenvalue weighted by molar-refractivity contribution is 4.99. The summed E-state index contributed by atoms with van der Waals surface area (Å²) in [5, 5.41) is 3.79. The fourth-order valence-corrected chi connectivity index (χ4v) is 3.25. The maximum absolute atomic E-state index is 5.45. The summed E-state index contributed by atoms with van der Waals surface area (Å²) in [6, 6.07) is 4.69. The third-order valence-corrected chi connectivity index (χ3v) is 4.99. The quantitative estimate of drug-likeness (QED) is 0.864. The van der Waals surface area contributed by atoms with Crippen molar-refractivity contribution in [3.63, 3.8) is 0 Å². The first-order valence-electron chi connectivity index (χ1n) is 8.20. The van der Waals surface area contributed by atoms with E-state index in [9.17, 15) is 0 Å². The second-order valence-corrected chi connectivity index (χ2v) is 6.21. The second-order valence-electron chi connectivity index (χ2n) is 6.21. The van der Waals surface area contributed by atoms with Gasteiger partial charge in [0.25, 0.3) is 0 Å². The van der Waals surface area contributed by atoms with Crippen molar-refractivity contribution in [2.75, 3.05) is 19.6 Å². The molecule has 0 saturated carbocycles. The van der Waals surface area contributed by atoms with Crippen LogP contribution in [0.5, 0.6) is 0 Å². The second kappa shape index (κ2) is 7.28. The highest BCUT2D eigenvalue weighted by Gasteiger charge is 2.31. The number of rotatable bonds is 6. The first-order valence-corrected chi connectivity index (χ1v) is 8.20. The molecule has 1 saturated heterocycles. The lowest BCUT2D eigenvalue weighted by molar-refractivity contribution is 0.150. The highest BCUT2D eigenvalue weighted by Crippen LogP contribution is 2.22. The molecule has 0 bridgehead atoms. The van der Waals surface area contributed by atoms with Crippen molar-refractivity contribution in [3.8, 4) is 0 Å². The molecular formula is C17H30N2O. The summed E-state index contributed by atoms with van der Waals surface area (Å²) in [6.07, 6.45) is 7.68. The van der Waals surface area contributed by atoms with Gasteiger partial charge in [-0.05, 0) is 57.8 Å². The summed E-state index contributed by atoms with van der Waals surface area (Å²) in [6.45, 7) is 10.5. The predicted molar refractivity (Wildman–Crippen MR) is 84.0 cm³/mol. The van der Waals surface area contributed by atoms with Crippen molar-refractivity contribution in [2.45, 2.75) is 64.5 Å². The summed E-state index contributed by atoms with van der Waals surface area (Å²) in [4.78, 5) is 2.68. The normalized spacial score (nSPS) is 21.6. The van der Waals surface area contributed by atoms with Crippen LogP contribution in [0.15, 0.2) is 22.8 Å². The number of nitrogens with one attached hydrogen (secondary N) is 1. The summed E-state index contributed by atoms with van der Waals surface area (Å²) in [5.41, 5.74) is 0.315. The Morgan fingerprint density at radius 1 is 1.40 bits per heavy atom. The molecule has 20 heavy (non-hydrogen) atoms. The van der Waals surface area contributed by atoms with Gasteiger partial charge >= 0.3 is 0 Å². The van der Waals surface area contributed by atoms with Crippen LogP contribution in [0.3, 0.4) is 0 Å². The largest absolute Gasteiger partial charge is 0.469 e. The zero-order valence-corrected chi connectivity index (χ0v) is 13.3. The number of hydrogen-bond acceptors (Lipinski definition) is 3. The lowest BCUT2D eigenvalue weighted by Crippen LogP contribution is -2.52. The van der Waals surface area contributed by atoms with Gasteiger partial charge in [0, 0.05) is 24.5 Å². The Kier molecular flexibility index (Phi) is 5.67. The highest BCUT2D eigenvalue weighted by atomic mass is 16.3. The van der Waals surface area contributed by atoms with Gasteiger partial charge in [-0.1, -0.05) is 13.8 Å². The topological polar surface area (TPSA) is 28.4 Å². The van der Waals surface area contributed by atoms with E-state index in [-0.39, 0.29) is 0 Å². The zero-order valence-electron chi connectivity index (χ0n) is 13.3. The van der Waals surface area contributed by atoms with Crippen LogP contribution in [0, 0.1) is 0 Å². The molecule has 0 spiro atoms. The molecule has 1 aliphatic heterocycles. The molecular weight excluding hydrogens is 248 g/mol. The molecule has 114 valence electrons. The van der Waals surface area contributed by atoms with E-state index < -0.39 is 0 Å². The zero-order chi connectivity index (χ0) is 14.4. The van der Waals surface area contributed by atoms with E-state index in [2.05, 4.69) is 37.1 Å². The Hall–Kier alpha value is -0.800. The van der Waals surface area contributed by atoms with Crippen LogP contribution in [-0.4, -0.2) is 36.1 Å². The molecule has 0 aromatic carbocycles. The molecule has 1 unspecified atom stereocenters. The minimum atomic E-state index is 0.315. The van der Waals surface area contributed by atoms with Crippen LogP contribution < -0.4 is 5.32 Å². The Bertz CT molecular complexity index is 370. The van der Waals surface area contributed by atoms with E-state index >= 15 is 0 Å². The summed E-state index contributed by atoms with van der Waals surface area (Å²) in [7, 11) is 0. The van der Waals surface area contributed by atoms with E-state index in [0.29, 0.717) is 11.6 Å². The lowest BCUT2D eigenvalue weighted by Gasteiger charge is -2.38. The summed E-state index contributed by atoms with van der Waals surface area (Å²) < 4.78 is 5.45. The molecule has 1 N–H and O–H groups in total. The van der Waals surface area contributed by atoms with E-state index in [1.807, 2.05) is 6.07 Å². The Morgan fingerprint density at radius 2 is 2.20 bits per heavy atom. The minimum Gasteiger partial charge on any atom is -0.469 e. The molecule has 1 aromatic rings. The molecule has 1 aromatic heterocycles. The molecule has 0 aliphatic carbocycles. The van der Waals surface area contributed by atoms with Crippen molar-refractivity contribution in [1.29, 1.82) is 0 Å². The van der Waals surface area contributed by atoms with Crippen LogP contribution in [-0.2, 0) is 6.42 Å². The van der Waals surface area contributed by atoms with Gasteiger partial charge in [0.2, 0.25) is 0 Å². The van der Waals surface area contributed by atoms with Gasteiger partial charge in [0.15, 0.2) is 0 Å². The smallest absolute Gasteiger partial charge is 0.103 e. The molecule has 0 amide bonds. The predicted octanol–water partition coefficient (Wildman–Crippen LogP) is 3.45. The molecule has 3 nitrogen and oxygen atoms in total. The maximum Gasteiger partial charge on any atom is 0.103 e. The molecule has 0 radical (unpaired) electrons.